The molecule has 2 aliphatic heterocycles. The van der Waals surface area contributed by atoms with E-state index in [1.165, 1.54) is 30.2 Å². The van der Waals surface area contributed by atoms with Crippen LogP contribution in [-0.2, 0) is 25.5 Å². The normalized spacial score (nSPS) is 16.7. The Morgan fingerprint density at radius 3 is 2.33 bits per heavy atom. The van der Waals surface area contributed by atoms with Gasteiger partial charge in [0.25, 0.3) is 0 Å². The van der Waals surface area contributed by atoms with Crippen molar-refractivity contribution in [2.24, 2.45) is 11.8 Å². The van der Waals surface area contributed by atoms with Crippen molar-refractivity contribution in [3.05, 3.63) is 58.6 Å². The van der Waals surface area contributed by atoms with Crippen LogP contribution in [0.25, 0.3) is 0 Å². The lowest BCUT2D eigenvalue weighted by Crippen LogP contribution is -2.45. The topological polar surface area (TPSA) is 70.2 Å². The lowest BCUT2D eigenvalue weighted by atomic mass is 9.90. The standard InChI is InChI=1S/C34H46ClN3O4S/c1-4-42-33(40)24-43-31-10-7-27(8-11-31)22-28-12-18-36(19-13-28)16-5-17-38(30-9-6-25(2)32(35)23-30)34(41)29-14-20-37(21-15-29)26(3)39/h6-11,23,28-29H,4-5,12-22,24H2,1-3H3. The predicted octanol–water partition coefficient (Wildman–Crippen LogP) is 6.24. The number of aryl methyl sites for hydroxylation is 1. The highest BCUT2D eigenvalue weighted by molar-refractivity contribution is 8.00. The number of esters is 1. The zero-order valence-corrected chi connectivity index (χ0v) is 27.4. The van der Waals surface area contributed by atoms with E-state index in [4.69, 9.17) is 16.3 Å². The fraction of sp³-hybridized carbons (Fsp3) is 0.559. The highest BCUT2D eigenvalue weighted by atomic mass is 35.5. The summed E-state index contributed by atoms with van der Waals surface area (Å²) in [6.07, 6.45) is 5.73. The van der Waals surface area contributed by atoms with Gasteiger partial charge < -0.3 is 19.4 Å². The van der Waals surface area contributed by atoms with Crippen molar-refractivity contribution in [3.63, 3.8) is 0 Å². The number of rotatable bonds is 12. The second-order valence-corrected chi connectivity index (χ2v) is 13.2. The Labute approximate surface area is 266 Å². The van der Waals surface area contributed by atoms with Crippen molar-refractivity contribution in [1.29, 1.82) is 0 Å². The summed E-state index contributed by atoms with van der Waals surface area (Å²) in [7, 11) is 0. The number of carbonyl (C=O) groups excluding carboxylic acids is 3. The molecule has 2 amide bonds. The van der Waals surface area contributed by atoms with Gasteiger partial charge in [0, 0.05) is 48.1 Å². The molecule has 2 fully saturated rings. The van der Waals surface area contributed by atoms with Gasteiger partial charge in [0.2, 0.25) is 11.8 Å². The first-order valence-electron chi connectivity index (χ1n) is 15.7. The van der Waals surface area contributed by atoms with E-state index in [0.717, 1.165) is 48.6 Å². The van der Waals surface area contributed by atoms with Gasteiger partial charge in [-0.3, -0.25) is 14.4 Å². The summed E-state index contributed by atoms with van der Waals surface area (Å²) in [5, 5.41) is 0.675. The summed E-state index contributed by atoms with van der Waals surface area (Å²) in [6, 6.07) is 14.5. The lowest BCUT2D eigenvalue weighted by Gasteiger charge is -2.35. The molecule has 234 valence electrons. The number of hydrogen-bond donors (Lipinski definition) is 0. The number of halogens is 1. The molecule has 4 rings (SSSR count). The van der Waals surface area contributed by atoms with Gasteiger partial charge in [0.05, 0.1) is 12.4 Å². The highest BCUT2D eigenvalue weighted by Gasteiger charge is 2.30. The Morgan fingerprint density at radius 1 is 1.00 bits per heavy atom. The molecule has 2 aliphatic rings. The Morgan fingerprint density at radius 2 is 1.70 bits per heavy atom. The third kappa shape index (κ3) is 9.98. The average molecular weight is 628 g/mol. The molecule has 0 bridgehead atoms. The fourth-order valence-corrected chi connectivity index (χ4v) is 6.92. The van der Waals surface area contributed by atoms with Gasteiger partial charge in [-0.25, -0.2) is 0 Å². The molecule has 0 N–H and O–H groups in total. The maximum absolute atomic E-state index is 13.7. The number of carbonyl (C=O) groups is 3. The van der Waals surface area contributed by atoms with E-state index in [1.807, 2.05) is 41.8 Å². The zero-order chi connectivity index (χ0) is 30.8. The first-order valence-corrected chi connectivity index (χ1v) is 17.0. The number of ether oxygens (including phenoxy) is 1. The first kappa shape index (κ1) is 33.3. The second-order valence-electron chi connectivity index (χ2n) is 11.8. The first-order chi connectivity index (χ1) is 20.7. The molecule has 0 aromatic heterocycles. The van der Waals surface area contributed by atoms with Gasteiger partial charge in [0.15, 0.2) is 0 Å². The van der Waals surface area contributed by atoms with Crippen LogP contribution in [0.2, 0.25) is 5.02 Å². The minimum atomic E-state index is -0.173. The van der Waals surface area contributed by atoms with E-state index < -0.39 is 0 Å². The van der Waals surface area contributed by atoms with Crippen LogP contribution in [0.5, 0.6) is 0 Å². The zero-order valence-electron chi connectivity index (χ0n) is 25.9. The number of thioether (sulfide) groups is 1. The molecule has 0 unspecified atom stereocenters. The maximum Gasteiger partial charge on any atom is 0.316 e. The van der Waals surface area contributed by atoms with Crippen molar-refractivity contribution in [2.45, 2.75) is 64.2 Å². The molecule has 0 atom stereocenters. The molecular weight excluding hydrogens is 582 g/mol. The van der Waals surface area contributed by atoms with Gasteiger partial charge in [-0.15, -0.1) is 11.8 Å². The molecule has 2 saturated heterocycles. The number of piperidine rings is 2. The van der Waals surface area contributed by atoms with Crippen molar-refractivity contribution >= 4 is 46.8 Å². The quantitative estimate of drug-likeness (QED) is 0.205. The van der Waals surface area contributed by atoms with Crippen molar-refractivity contribution in [2.75, 3.05) is 56.5 Å². The van der Waals surface area contributed by atoms with Gasteiger partial charge in [0.1, 0.15) is 0 Å². The van der Waals surface area contributed by atoms with E-state index in [-0.39, 0.29) is 23.7 Å². The number of benzene rings is 2. The van der Waals surface area contributed by atoms with Crippen molar-refractivity contribution in [3.8, 4) is 0 Å². The summed E-state index contributed by atoms with van der Waals surface area (Å²) in [5.74, 6) is 0.994. The molecule has 2 aromatic rings. The summed E-state index contributed by atoms with van der Waals surface area (Å²) < 4.78 is 5.01. The van der Waals surface area contributed by atoms with Crippen LogP contribution >= 0.6 is 23.4 Å². The summed E-state index contributed by atoms with van der Waals surface area (Å²) in [6.45, 7) is 10.9. The molecule has 2 heterocycles. The molecule has 2 aromatic carbocycles. The Bertz CT molecular complexity index is 1220. The summed E-state index contributed by atoms with van der Waals surface area (Å²) >= 11 is 7.98. The molecule has 0 saturated carbocycles. The van der Waals surface area contributed by atoms with Crippen LogP contribution in [0.4, 0.5) is 5.69 Å². The average Bonchev–Trinajstić information content (AvgIpc) is 3.01. The third-order valence-electron chi connectivity index (χ3n) is 8.70. The summed E-state index contributed by atoms with van der Waals surface area (Å²) in [5.41, 5.74) is 3.21. The minimum absolute atomic E-state index is 0.0725. The third-order valence-corrected chi connectivity index (χ3v) is 10.1. The van der Waals surface area contributed by atoms with E-state index in [2.05, 4.69) is 29.2 Å². The van der Waals surface area contributed by atoms with Crippen LogP contribution in [0.15, 0.2) is 47.4 Å². The van der Waals surface area contributed by atoms with Crippen LogP contribution in [0.1, 0.15) is 57.1 Å². The van der Waals surface area contributed by atoms with E-state index in [0.29, 0.717) is 55.8 Å². The Hall–Kier alpha value is -2.55. The summed E-state index contributed by atoms with van der Waals surface area (Å²) in [4.78, 5) is 44.5. The molecule has 0 spiro atoms. The Balaban J connectivity index is 1.24. The van der Waals surface area contributed by atoms with Gasteiger partial charge in [-0.1, -0.05) is 29.8 Å². The number of nitrogens with zero attached hydrogens (tertiary/aromatic N) is 3. The molecule has 0 aliphatic carbocycles. The van der Waals surface area contributed by atoms with Crippen LogP contribution < -0.4 is 4.90 Å². The van der Waals surface area contributed by atoms with Crippen LogP contribution in [-0.4, -0.2) is 79.2 Å². The molecule has 9 heteroatoms. The molecular formula is C34H46ClN3O4S. The predicted molar refractivity (Wildman–Crippen MR) is 175 cm³/mol. The number of amides is 2. The lowest BCUT2D eigenvalue weighted by molar-refractivity contribution is -0.139. The molecule has 0 radical (unpaired) electrons. The van der Waals surface area contributed by atoms with Crippen LogP contribution in [0.3, 0.4) is 0 Å². The van der Waals surface area contributed by atoms with Crippen molar-refractivity contribution < 1.29 is 19.1 Å². The largest absolute Gasteiger partial charge is 0.465 e. The van der Waals surface area contributed by atoms with Crippen LogP contribution in [0, 0.1) is 18.8 Å². The van der Waals surface area contributed by atoms with E-state index in [1.54, 1.807) is 6.92 Å². The Kier molecular flexibility index (Phi) is 12.8. The van der Waals surface area contributed by atoms with E-state index >= 15 is 0 Å². The smallest absolute Gasteiger partial charge is 0.316 e. The van der Waals surface area contributed by atoms with E-state index in [9.17, 15) is 14.4 Å². The molecule has 43 heavy (non-hydrogen) atoms. The molecule has 7 nitrogen and oxygen atoms in total. The highest BCUT2D eigenvalue weighted by Crippen LogP contribution is 2.28. The van der Waals surface area contributed by atoms with Gasteiger partial charge in [-0.2, -0.15) is 0 Å². The SMILES string of the molecule is CCOC(=O)CSc1ccc(CC2CCN(CCCN(C(=O)C3CCN(C(C)=O)CC3)c3ccc(C)c(Cl)c3)CC2)cc1. The minimum Gasteiger partial charge on any atom is -0.465 e. The maximum atomic E-state index is 13.7. The second kappa shape index (κ2) is 16.5. The number of likely N-dealkylation sites (tertiary alicyclic amines) is 2. The number of anilines is 1. The van der Waals surface area contributed by atoms with Crippen molar-refractivity contribution in [1.82, 2.24) is 9.80 Å². The monoisotopic (exact) mass is 627 g/mol. The van der Waals surface area contributed by atoms with Gasteiger partial charge >= 0.3 is 5.97 Å². The fourth-order valence-electron chi connectivity index (χ4n) is 6.04. The van der Waals surface area contributed by atoms with Gasteiger partial charge in [-0.05, 0) is 113 Å². The number of hydrogen-bond acceptors (Lipinski definition) is 6.